The molecule has 1 aromatic heterocycles. The van der Waals surface area contributed by atoms with Crippen molar-refractivity contribution in [3.8, 4) is 6.07 Å². The van der Waals surface area contributed by atoms with Gasteiger partial charge in [0.2, 0.25) is 5.91 Å². The minimum atomic E-state index is -0.330. The van der Waals surface area contributed by atoms with Gasteiger partial charge in [-0.25, -0.2) is 0 Å². The second-order valence-corrected chi connectivity index (χ2v) is 8.17. The molecule has 2 aromatic carbocycles. The molecule has 1 saturated heterocycles. The van der Waals surface area contributed by atoms with Gasteiger partial charge in [-0.05, 0) is 72.5 Å². The summed E-state index contributed by atoms with van der Waals surface area (Å²) in [6.45, 7) is 4.83. The van der Waals surface area contributed by atoms with Crippen LogP contribution >= 0.6 is 0 Å². The molecule has 3 atom stereocenters. The number of nitrogens with zero attached hydrogens (tertiary/aromatic N) is 3. The van der Waals surface area contributed by atoms with E-state index in [9.17, 15) is 4.79 Å². The number of benzene rings is 2. The summed E-state index contributed by atoms with van der Waals surface area (Å²) in [6.07, 6.45) is 3.59. The van der Waals surface area contributed by atoms with Gasteiger partial charge in [0.05, 0.1) is 17.6 Å². The molecule has 1 saturated carbocycles. The molecule has 29 heavy (non-hydrogen) atoms. The molecule has 4 nitrogen and oxygen atoms in total. The lowest BCUT2D eigenvalue weighted by Crippen LogP contribution is -2.35. The molecule has 2 fully saturated rings. The van der Waals surface area contributed by atoms with Crippen molar-refractivity contribution in [2.75, 3.05) is 11.4 Å². The molecule has 0 spiro atoms. The highest BCUT2D eigenvalue weighted by Gasteiger charge is 2.74. The van der Waals surface area contributed by atoms with Crippen LogP contribution in [0.2, 0.25) is 0 Å². The average Bonchev–Trinajstić information content (AvgIpc) is 3.28. The van der Waals surface area contributed by atoms with Crippen LogP contribution in [0.15, 0.2) is 67.0 Å². The summed E-state index contributed by atoms with van der Waals surface area (Å²) in [7, 11) is 0. The number of pyridine rings is 1. The summed E-state index contributed by atoms with van der Waals surface area (Å²) in [5.74, 6) is 0.311. The Morgan fingerprint density at radius 3 is 2.17 bits per heavy atom. The molecule has 2 aliphatic rings. The number of fused-ring (bicyclic) bond motifs is 1. The molecule has 0 radical (unpaired) electrons. The summed E-state index contributed by atoms with van der Waals surface area (Å²) < 4.78 is 0. The Bertz CT molecular complexity index is 1130. The molecule has 5 rings (SSSR count). The molecular formula is C25H21N3O. The zero-order chi connectivity index (χ0) is 20.2. The third kappa shape index (κ3) is 2.51. The topological polar surface area (TPSA) is 57.0 Å². The van der Waals surface area contributed by atoms with Gasteiger partial charge in [0.1, 0.15) is 0 Å². The van der Waals surface area contributed by atoms with E-state index < -0.39 is 0 Å². The maximum atomic E-state index is 13.5. The summed E-state index contributed by atoms with van der Waals surface area (Å²) in [5, 5.41) is 9.15. The van der Waals surface area contributed by atoms with E-state index >= 15 is 0 Å². The average molecular weight is 379 g/mol. The third-order valence-corrected chi connectivity index (χ3v) is 6.45. The largest absolute Gasteiger partial charge is 0.312 e. The zero-order valence-electron chi connectivity index (χ0n) is 16.5. The second-order valence-electron chi connectivity index (χ2n) is 8.17. The van der Waals surface area contributed by atoms with Crippen molar-refractivity contribution >= 4 is 11.6 Å². The van der Waals surface area contributed by atoms with Gasteiger partial charge in [-0.15, -0.1) is 0 Å². The van der Waals surface area contributed by atoms with Crippen LogP contribution in [0.5, 0.6) is 0 Å². The number of rotatable bonds is 3. The quantitative estimate of drug-likeness (QED) is 0.687. The van der Waals surface area contributed by atoms with E-state index in [4.69, 9.17) is 5.26 Å². The van der Waals surface area contributed by atoms with Crippen molar-refractivity contribution in [2.45, 2.75) is 19.3 Å². The number of hydrogen-bond acceptors (Lipinski definition) is 3. The summed E-state index contributed by atoms with van der Waals surface area (Å²) >= 11 is 0. The van der Waals surface area contributed by atoms with Gasteiger partial charge in [0.15, 0.2) is 0 Å². The fraction of sp³-hybridized carbons (Fsp3) is 0.240. The molecule has 2 heterocycles. The predicted octanol–water partition coefficient (Wildman–Crippen LogP) is 4.15. The van der Waals surface area contributed by atoms with Crippen molar-refractivity contribution in [1.82, 2.24) is 4.98 Å². The van der Waals surface area contributed by atoms with E-state index in [1.165, 1.54) is 11.1 Å². The van der Waals surface area contributed by atoms with Crippen LogP contribution in [0.4, 0.5) is 5.69 Å². The number of nitriles is 1. The minimum absolute atomic E-state index is 0.0846. The maximum Gasteiger partial charge on any atom is 0.231 e. The Hall–Kier alpha value is -3.45. The van der Waals surface area contributed by atoms with Gasteiger partial charge in [0, 0.05) is 36.0 Å². The fourth-order valence-corrected chi connectivity index (χ4v) is 5.27. The van der Waals surface area contributed by atoms with E-state index in [2.05, 4.69) is 43.1 Å². The molecule has 0 unspecified atom stereocenters. The number of carbonyl (C=O) groups is 1. The molecule has 3 aromatic rings. The van der Waals surface area contributed by atoms with E-state index in [1.807, 2.05) is 41.3 Å². The van der Waals surface area contributed by atoms with E-state index in [0.29, 0.717) is 12.1 Å². The van der Waals surface area contributed by atoms with Gasteiger partial charge in [-0.2, -0.15) is 5.26 Å². The van der Waals surface area contributed by atoms with Crippen LogP contribution in [0.25, 0.3) is 0 Å². The first kappa shape index (κ1) is 17.6. The number of aromatic nitrogens is 1. The number of piperidine rings is 1. The molecule has 1 aliphatic carbocycles. The Morgan fingerprint density at radius 2 is 1.62 bits per heavy atom. The van der Waals surface area contributed by atoms with Gasteiger partial charge >= 0.3 is 0 Å². The highest BCUT2D eigenvalue weighted by atomic mass is 16.2. The molecule has 4 heteroatoms. The number of amides is 1. The summed E-state index contributed by atoms with van der Waals surface area (Å²) in [4.78, 5) is 19.6. The highest BCUT2D eigenvalue weighted by Crippen LogP contribution is 2.67. The first-order chi connectivity index (χ1) is 14.1. The monoisotopic (exact) mass is 379 g/mol. The number of aryl methyl sites for hydroxylation is 2. The Balaban J connectivity index is 1.56. The normalized spacial score (nSPS) is 24.9. The maximum absolute atomic E-state index is 13.5. The molecular weight excluding hydrogens is 358 g/mol. The molecule has 142 valence electrons. The van der Waals surface area contributed by atoms with E-state index in [0.717, 1.165) is 16.8 Å². The van der Waals surface area contributed by atoms with E-state index in [1.54, 1.807) is 12.4 Å². The van der Waals surface area contributed by atoms with Crippen LogP contribution < -0.4 is 4.90 Å². The highest BCUT2D eigenvalue weighted by molar-refractivity contribution is 6.03. The Kier molecular flexibility index (Phi) is 3.82. The summed E-state index contributed by atoms with van der Waals surface area (Å²) in [6, 6.07) is 20.2. The van der Waals surface area contributed by atoms with Crippen molar-refractivity contribution < 1.29 is 4.79 Å². The number of carbonyl (C=O) groups excluding carboxylic acids is 1. The SMILES string of the molecule is Cc1cc(C)cc(N2C[C@H]3[C@@H](C2=O)[C@@]3(c2ccncc2)c2ccc(C#N)cc2)c1. The smallest absolute Gasteiger partial charge is 0.231 e. The lowest BCUT2D eigenvalue weighted by atomic mass is 9.83. The molecule has 0 bridgehead atoms. The first-order valence-corrected chi connectivity index (χ1v) is 9.86. The standard InChI is InChI=1S/C25H21N3O/c1-16-11-17(2)13-21(12-16)28-15-22-23(24(28)29)25(22,20-7-9-27-10-8-20)19-5-3-18(14-26)4-6-19/h3-13,22-23H,15H2,1-2H3/t22-,23-,25+/m0/s1. The van der Waals surface area contributed by atoms with Crippen molar-refractivity contribution in [1.29, 1.82) is 5.26 Å². The molecule has 0 N–H and O–H groups in total. The molecule has 1 aliphatic heterocycles. The predicted molar refractivity (Wildman–Crippen MR) is 111 cm³/mol. The first-order valence-electron chi connectivity index (χ1n) is 9.86. The van der Waals surface area contributed by atoms with Crippen LogP contribution in [-0.2, 0) is 10.2 Å². The number of anilines is 1. The third-order valence-electron chi connectivity index (χ3n) is 6.45. The fourth-order valence-electron chi connectivity index (χ4n) is 5.27. The zero-order valence-corrected chi connectivity index (χ0v) is 16.5. The van der Waals surface area contributed by atoms with Crippen molar-refractivity contribution in [2.24, 2.45) is 11.8 Å². The van der Waals surface area contributed by atoms with E-state index in [-0.39, 0.29) is 23.2 Å². The van der Waals surface area contributed by atoms with Crippen LogP contribution in [0, 0.1) is 37.0 Å². The lowest BCUT2D eigenvalue weighted by molar-refractivity contribution is -0.119. The Morgan fingerprint density at radius 1 is 1.00 bits per heavy atom. The van der Waals surface area contributed by atoms with Crippen LogP contribution in [-0.4, -0.2) is 17.4 Å². The number of hydrogen-bond donors (Lipinski definition) is 0. The minimum Gasteiger partial charge on any atom is -0.312 e. The van der Waals surface area contributed by atoms with Crippen molar-refractivity contribution in [3.05, 3.63) is 94.8 Å². The molecule has 1 amide bonds. The van der Waals surface area contributed by atoms with Gasteiger partial charge in [0.25, 0.3) is 0 Å². The summed E-state index contributed by atoms with van der Waals surface area (Å²) in [5.41, 5.74) is 5.85. The van der Waals surface area contributed by atoms with Gasteiger partial charge in [-0.3, -0.25) is 9.78 Å². The van der Waals surface area contributed by atoms with Crippen LogP contribution in [0.3, 0.4) is 0 Å². The Labute approximate surface area is 170 Å². The van der Waals surface area contributed by atoms with Gasteiger partial charge in [-0.1, -0.05) is 18.2 Å². The van der Waals surface area contributed by atoms with Crippen molar-refractivity contribution in [3.63, 3.8) is 0 Å². The van der Waals surface area contributed by atoms with Crippen LogP contribution in [0.1, 0.15) is 27.8 Å². The van der Waals surface area contributed by atoms with Gasteiger partial charge < -0.3 is 4.90 Å². The lowest BCUT2D eigenvalue weighted by Gasteiger charge is -2.28. The second kappa shape index (κ2) is 6.28.